The molecule has 0 saturated heterocycles. The third-order valence-electron chi connectivity index (χ3n) is 2.70. The average Bonchev–Trinajstić information content (AvgIpc) is 2.39. The highest BCUT2D eigenvalue weighted by molar-refractivity contribution is 14.1. The van der Waals surface area contributed by atoms with Gasteiger partial charge in [0.2, 0.25) is 5.91 Å². The maximum absolute atomic E-state index is 11.8. The molecular weight excluding hydrogens is 351 g/mol. The quantitative estimate of drug-likeness (QED) is 0.812. The lowest BCUT2D eigenvalue weighted by Gasteiger charge is -2.09. The monoisotopic (exact) mass is 366 g/mol. The number of halogens is 1. The second kappa shape index (κ2) is 6.56. The van der Waals surface area contributed by atoms with Crippen LogP contribution in [0.15, 0.2) is 48.5 Å². The van der Waals surface area contributed by atoms with Gasteiger partial charge in [-0.05, 0) is 59.3 Å². The molecule has 0 aliphatic rings. The molecule has 1 amide bonds. The summed E-state index contributed by atoms with van der Waals surface area (Å²) in [5.74, 6) is -0.0480. The standard InChI is InChI=1S/C15H15IN2O/c1-11-5-2-3-8-14(11)18-15(19)10-17-13-7-4-6-12(16)9-13/h2-9,17H,10H2,1H3,(H,18,19). The zero-order chi connectivity index (χ0) is 13.7. The van der Waals surface area contributed by atoms with E-state index in [4.69, 9.17) is 0 Å². The smallest absolute Gasteiger partial charge is 0.243 e. The molecule has 98 valence electrons. The molecule has 2 aromatic rings. The van der Waals surface area contributed by atoms with E-state index < -0.39 is 0 Å². The molecule has 0 aromatic heterocycles. The van der Waals surface area contributed by atoms with Crippen molar-refractivity contribution in [2.45, 2.75) is 6.92 Å². The molecule has 4 heteroatoms. The summed E-state index contributed by atoms with van der Waals surface area (Å²) >= 11 is 2.24. The number of amides is 1. The second-order valence-electron chi connectivity index (χ2n) is 4.23. The predicted molar refractivity (Wildman–Crippen MR) is 87.5 cm³/mol. The highest BCUT2D eigenvalue weighted by atomic mass is 127. The number of benzene rings is 2. The molecular formula is C15H15IN2O. The Morgan fingerprint density at radius 3 is 2.68 bits per heavy atom. The minimum Gasteiger partial charge on any atom is -0.376 e. The van der Waals surface area contributed by atoms with Gasteiger partial charge in [0.1, 0.15) is 0 Å². The Morgan fingerprint density at radius 2 is 1.95 bits per heavy atom. The molecule has 0 spiro atoms. The van der Waals surface area contributed by atoms with E-state index in [0.717, 1.165) is 20.5 Å². The molecule has 0 heterocycles. The van der Waals surface area contributed by atoms with Crippen molar-refractivity contribution in [3.8, 4) is 0 Å². The van der Waals surface area contributed by atoms with E-state index in [0.29, 0.717) is 0 Å². The Hall–Kier alpha value is -1.56. The van der Waals surface area contributed by atoms with E-state index in [2.05, 4.69) is 33.2 Å². The maximum atomic E-state index is 11.8. The fraction of sp³-hybridized carbons (Fsp3) is 0.133. The molecule has 2 N–H and O–H groups in total. The molecule has 0 atom stereocenters. The van der Waals surface area contributed by atoms with Gasteiger partial charge in [0.05, 0.1) is 6.54 Å². The van der Waals surface area contributed by atoms with Crippen molar-refractivity contribution >= 4 is 39.9 Å². The fourth-order valence-electron chi connectivity index (χ4n) is 1.69. The lowest BCUT2D eigenvalue weighted by atomic mass is 10.2. The second-order valence-corrected chi connectivity index (χ2v) is 5.47. The molecule has 0 unspecified atom stereocenters. The number of hydrogen-bond donors (Lipinski definition) is 2. The van der Waals surface area contributed by atoms with Crippen molar-refractivity contribution in [2.24, 2.45) is 0 Å². The van der Waals surface area contributed by atoms with E-state index in [-0.39, 0.29) is 12.5 Å². The summed E-state index contributed by atoms with van der Waals surface area (Å²) in [6.45, 7) is 2.23. The Bertz CT molecular complexity index is 584. The van der Waals surface area contributed by atoms with Gasteiger partial charge in [0.25, 0.3) is 0 Å². The predicted octanol–water partition coefficient (Wildman–Crippen LogP) is 3.65. The lowest BCUT2D eigenvalue weighted by Crippen LogP contribution is -2.22. The number of anilines is 2. The van der Waals surface area contributed by atoms with E-state index >= 15 is 0 Å². The van der Waals surface area contributed by atoms with Crippen molar-refractivity contribution in [2.75, 3.05) is 17.2 Å². The highest BCUT2D eigenvalue weighted by Gasteiger charge is 2.04. The molecule has 3 nitrogen and oxygen atoms in total. The normalized spacial score (nSPS) is 10.0. The average molecular weight is 366 g/mol. The minimum absolute atomic E-state index is 0.0480. The summed E-state index contributed by atoms with van der Waals surface area (Å²) in [7, 11) is 0. The SMILES string of the molecule is Cc1ccccc1NC(=O)CNc1cccc(I)c1. The van der Waals surface area contributed by atoms with E-state index in [1.54, 1.807) is 0 Å². The summed E-state index contributed by atoms with van der Waals surface area (Å²) < 4.78 is 1.14. The van der Waals surface area contributed by atoms with Crippen LogP contribution in [-0.2, 0) is 4.79 Å². The minimum atomic E-state index is -0.0480. The first-order valence-electron chi connectivity index (χ1n) is 6.00. The molecule has 0 radical (unpaired) electrons. The van der Waals surface area contributed by atoms with Gasteiger partial charge < -0.3 is 10.6 Å². The van der Waals surface area contributed by atoms with Crippen LogP contribution in [-0.4, -0.2) is 12.5 Å². The van der Waals surface area contributed by atoms with Gasteiger partial charge >= 0.3 is 0 Å². The van der Waals surface area contributed by atoms with Crippen molar-refractivity contribution in [1.29, 1.82) is 0 Å². The number of nitrogens with one attached hydrogen (secondary N) is 2. The number of aryl methyl sites for hydroxylation is 1. The van der Waals surface area contributed by atoms with Gasteiger partial charge in [-0.1, -0.05) is 24.3 Å². The number of hydrogen-bond acceptors (Lipinski definition) is 2. The highest BCUT2D eigenvalue weighted by Crippen LogP contribution is 2.14. The Morgan fingerprint density at radius 1 is 1.16 bits per heavy atom. The Labute approximate surface area is 126 Å². The third kappa shape index (κ3) is 4.24. The van der Waals surface area contributed by atoms with Crippen molar-refractivity contribution in [1.82, 2.24) is 0 Å². The van der Waals surface area contributed by atoms with Gasteiger partial charge in [-0.15, -0.1) is 0 Å². The van der Waals surface area contributed by atoms with E-state index in [1.807, 2.05) is 55.5 Å². The summed E-state index contributed by atoms with van der Waals surface area (Å²) in [4.78, 5) is 11.8. The number of rotatable bonds is 4. The summed E-state index contributed by atoms with van der Waals surface area (Å²) in [6, 6.07) is 15.7. The van der Waals surface area contributed by atoms with Gasteiger partial charge in [0, 0.05) is 14.9 Å². The Balaban J connectivity index is 1.90. The zero-order valence-corrected chi connectivity index (χ0v) is 12.8. The van der Waals surface area contributed by atoms with Crippen LogP contribution in [0.1, 0.15) is 5.56 Å². The first-order chi connectivity index (χ1) is 9.15. The van der Waals surface area contributed by atoms with Crippen LogP contribution in [0.25, 0.3) is 0 Å². The molecule has 0 bridgehead atoms. The number of carbonyl (C=O) groups is 1. The molecule has 19 heavy (non-hydrogen) atoms. The summed E-state index contributed by atoms with van der Waals surface area (Å²) in [5.41, 5.74) is 2.87. The van der Waals surface area contributed by atoms with Crippen molar-refractivity contribution in [3.05, 3.63) is 57.7 Å². The number of carbonyl (C=O) groups excluding carboxylic acids is 1. The molecule has 0 saturated carbocycles. The van der Waals surface area contributed by atoms with Gasteiger partial charge in [-0.25, -0.2) is 0 Å². The van der Waals surface area contributed by atoms with Crippen LogP contribution in [0.3, 0.4) is 0 Å². The van der Waals surface area contributed by atoms with Crippen LogP contribution in [0.2, 0.25) is 0 Å². The molecule has 2 aromatic carbocycles. The first kappa shape index (κ1) is 13.9. The lowest BCUT2D eigenvalue weighted by molar-refractivity contribution is -0.114. The molecule has 0 aliphatic carbocycles. The van der Waals surface area contributed by atoms with Crippen molar-refractivity contribution in [3.63, 3.8) is 0 Å². The largest absolute Gasteiger partial charge is 0.376 e. The van der Waals surface area contributed by atoms with Crippen LogP contribution in [0.5, 0.6) is 0 Å². The fourth-order valence-corrected chi connectivity index (χ4v) is 2.23. The topological polar surface area (TPSA) is 41.1 Å². The molecule has 2 rings (SSSR count). The van der Waals surface area contributed by atoms with Crippen molar-refractivity contribution < 1.29 is 4.79 Å². The molecule has 0 fully saturated rings. The van der Waals surface area contributed by atoms with E-state index in [1.165, 1.54) is 0 Å². The maximum Gasteiger partial charge on any atom is 0.243 e. The number of para-hydroxylation sites is 1. The first-order valence-corrected chi connectivity index (χ1v) is 7.08. The van der Waals surface area contributed by atoms with Crippen LogP contribution in [0.4, 0.5) is 11.4 Å². The van der Waals surface area contributed by atoms with Gasteiger partial charge in [-0.2, -0.15) is 0 Å². The zero-order valence-electron chi connectivity index (χ0n) is 10.6. The Kier molecular flexibility index (Phi) is 4.79. The van der Waals surface area contributed by atoms with Crippen LogP contribution < -0.4 is 10.6 Å². The summed E-state index contributed by atoms with van der Waals surface area (Å²) in [6.07, 6.45) is 0. The summed E-state index contributed by atoms with van der Waals surface area (Å²) in [5, 5.41) is 6.00. The van der Waals surface area contributed by atoms with Gasteiger partial charge in [-0.3, -0.25) is 4.79 Å². The third-order valence-corrected chi connectivity index (χ3v) is 3.37. The van der Waals surface area contributed by atoms with Gasteiger partial charge in [0.15, 0.2) is 0 Å². The molecule has 0 aliphatic heterocycles. The van der Waals surface area contributed by atoms with Crippen LogP contribution >= 0.6 is 22.6 Å². The van der Waals surface area contributed by atoms with E-state index in [9.17, 15) is 4.79 Å². The van der Waals surface area contributed by atoms with Crippen LogP contribution in [0, 0.1) is 10.5 Å².